The zero-order chi connectivity index (χ0) is 54.3. The summed E-state index contributed by atoms with van der Waals surface area (Å²) >= 11 is 0. The molecule has 0 aliphatic carbocycles. The van der Waals surface area contributed by atoms with E-state index in [-0.39, 0.29) is 22.3 Å². The molecule has 9 aromatic rings. The maximum absolute atomic E-state index is 16.2. The number of hydrogen-bond donors (Lipinski definition) is 2. The van der Waals surface area contributed by atoms with Crippen molar-refractivity contribution in [1.82, 2.24) is 24.9 Å². The van der Waals surface area contributed by atoms with Crippen molar-refractivity contribution in [3.8, 4) is 55.6 Å². The fraction of sp³-hybridized carbons (Fsp3) is 0. The van der Waals surface area contributed by atoms with E-state index in [1.54, 1.807) is 60.7 Å². The fourth-order valence-corrected chi connectivity index (χ4v) is 8.97. The van der Waals surface area contributed by atoms with Gasteiger partial charge in [0.05, 0.1) is 51.4 Å². The van der Waals surface area contributed by atoms with E-state index in [9.17, 15) is 13.2 Å². The Balaban J connectivity index is 1.33. The number of H-pyrrole nitrogens is 2. The first-order valence-electron chi connectivity index (χ1n) is 22.2. The highest BCUT2D eigenvalue weighted by molar-refractivity contribution is 6.02. The molecule has 8 bridgehead atoms. The molecule has 0 radical (unpaired) electrons. The number of halogens is 15. The molecule has 6 heterocycles. The summed E-state index contributed by atoms with van der Waals surface area (Å²) in [5.41, 5.74) is -10.4. The van der Waals surface area contributed by atoms with Crippen molar-refractivity contribution < 1.29 is 65.9 Å². The number of aromatic nitrogens is 5. The van der Waals surface area contributed by atoms with Gasteiger partial charge in [-0.3, -0.25) is 4.98 Å². The van der Waals surface area contributed by atoms with Crippen LogP contribution in [0, 0.1) is 87.3 Å². The lowest BCUT2D eigenvalue weighted by molar-refractivity contribution is 0.381. The molecule has 11 rings (SSSR count). The molecule has 77 heavy (non-hydrogen) atoms. The maximum atomic E-state index is 16.2. The van der Waals surface area contributed by atoms with Gasteiger partial charge in [0, 0.05) is 50.5 Å². The Bertz CT molecular complexity index is 4150. The second-order valence-corrected chi connectivity index (χ2v) is 16.8. The van der Waals surface area contributed by atoms with Crippen LogP contribution in [0.25, 0.3) is 102 Å². The Morgan fingerprint density at radius 2 is 0.662 bits per heavy atom. The maximum Gasteiger partial charge on any atom is 0.200 e. The molecular formula is C55H22F15N7. The van der Waals surface area contributed by atoms with Crippen LogP contribution in [0.15, 0.2) is 108 Å². The van der Waals surface area contributed by atoms with Crippen molar-refractivity contribution in [2.45, 2.75) is 0 Å². The molecule has 0 spiro atoms. The van der Waals surface area contributed by atoms with Crippen molar-refractivity contribution in [3.05, 3.63) is 207 Å². The molecule has 22 heteroatoms. The summed E-state index contributed by atoms with van der Waals surface area (Å²) in [6, 6.07) is 20.3. The predicted octanol–water partition coefficient (Wildman–Crippen LogP) is 16.9. The molecule has 2 aliphatic heterocycles. The first-order chi connectivity index (χ1) is 36.9. The minimum atomic E-state index is -2.62. The average molecular weight is 1070 g/mol. The van der Waals surface area contributed by atoms with Crippen molar-refractivity contribution in [3.63, 3.8) is 0 Å². The van der Waals surface area contributed by atoms with Gasteiger partial charge in [-0.05, 0) is 89.5 Å². The number of azo groups is 1. The summed E-state index contributed by atoms with van der Waals surface area (Å²) in [5.74, 6) is -37.0. The normalized spacial score (nSPS) is 12.2. The van der Waals surface area contributed by atoms with Gasteiger partial charge in [0.1, 0.15) is 5.69 Å². The zero-order valence-electron chi connectivity index (χ0n) is 38.0. The third-order valence-electron chi connectivity index (χ3n) is 12.4. The van der Waals surface area contributed by atoms with E-state index in [1.807, 2.05) is 0 Å². The Morgan fingerprint density at radius 3 is 1.06 bits per heavy atom. The number of pyridine rings is 1. The number of benzene rings is 5. The highest BCUT2D eigenvalue weighted by atomic mass is 19.2. The monoisotopic (exact) mass is 1070 g/mol. The third-order valence-corrected chi connectivity index (χ3v) is 12.4. The summed E-state index contributed by atoms with van der Waals surface area (Å²) in [5, 5.41) is 8.51. The molecule has 0 saturated carbocycles. The van der Waals surface area contributed by atoms with Crippen LogP contribution in [0.4, 0.5) is 77.2 Å². The van der Waals surface area contributed by atoms with Crippen LogP contribution < -0.4 is 0 Å². The Hall–Kier alpha value is -9.60. The molecule has 0 fully saturated rings. The lowest BCUT2D eigenvalue weighted by atomic mass is 9.93. The third kappa shape index (κ3) is 8.10. The first-order valence-corrected chi connectivity index (χ1v) is 22.2. The molecule has 4 aromatic heterocycles. The Kier molecular flexibility index (Phi) is 12.2. The van der Waals surface area contributed by atoms with E-state index in [4.69, 9.17) is 0 Å². The van der Waals surface area contributed by atoms with Crippen LogP contribution >= 0.6 is 0 Å². The Morgan fingerprint density at radius 1 is 0.312 bits per heavy atom. The minimum Gasteiger partial charge on any atom is -0.354 e. The van der Waals surface area contributed by atoms with Gasteiger partial charge in [0.15, 0.2) is 69.8 Å². The van der Waals surface area contributed by atoms with Gasteiger partial charge in [-0.15, -0.1) is 5.11 Å². The van der Waals surface area contributed by atoms with E-state index in [0.717, 1.165) is 36.4 Å². The Labute approximate surface area is 420 Å². The zero-order valence-corrected chi connectivity index (χ0v) is 38.0. The first kappa shape index (κ1) is 49.6. The van der Waals surface area contributed by atoms with Gasteiger partial charge in [-0.2, -0.15) is 5.11 Å². The van der Waals surface area contributed by atoms with Crippen LogP contribution in [-0.2, 0) is 0 Å². The van der Waals surface area contributed by atoms with E-state index in [0.29, 0.717) is 22.5 Å². The van der Waals surface area contributed by atoms with Gasteiger partial charge in [-0.1, -0.05) is 36.4 Å². The van der Waals surface area contributed by atoms with E-state index in [2.05, 4.69) is 35.1 Å². The van der Waals surface area contributed by atoms with Crippen LogP contribution in [0.2, 0.25) is 0 Å². The van der Waals surface area contributed by atoms with E-state index < -0.39 is 154 Å². The molecule has 0 saturated heterocycles. The molecular weight excluding hydrogens is 1040 g/mol. The highest BCUT2D eigenvalue weighted by Crippen LogP contribution is 2.45. The SMILES string of the molecule is Fc1c(F)c(F)c(-c2c3nc(c(-c4c(F)c(F)c(F)c(F)c4F)c4ccc([nH]4)c(-c4c(F)c(F)c(F)c(F)c4F)c4nc(c(-c5ccccc5-c5cccc(N=Nc6cccnc6)c5)c5ccc2[nH]5)C=C4)C=C3)c(F)c1F. The lowest BCUT2D eigenvalue weighted by Crippen LogP contribution is -2.06. The largest absolute Gasteiger partial charge is 0.354 e. The molecule has 2 aliphatic rings. The van der Waals surface area contributed by atoms with Gasteiger partial charge in [0.2, 0.25) is 17.5 Å². The molecule has 2 N–H and O–H groups in total. The highest BCUT2D eigenvalue weighted by Gasteiger charge is 2.34. The number of fused-ring (bicyclic) bond motifs is 8. The molecule has 0 amide bonds. The molecule has 382 valence electrons. The lowest BCUT2D eigenvalue weighted by Gasteiger charge is -2.13. The molecule has 0 unspecified atom stereocenters. The van der Waals surface area contributed by atoms with Crippen LogP contribution in [-0.4, -0.2) is 24.9 Å². The number of hydrogen-bond acceptors (Lipinski definition) is 5. The van der Waals surface area contributed by atoms with Crippen LogP contribution in [0.3, 0.4) is 0 Å². The summed E-state index contributed by atoms with van der Waals surface area (Å²) in [6.07, 6.45) is 6.93. The number of nitrogens with zero attached hydrogens (tertiary/aromatic N) is 5. The van der Waals surface area contributed by atoms with Crippen molar-refractivity contribution >= 4 is 57.7 Å². The van der Waals surface area contributed by atoms with Crippen molar-refractivity contribution in [2.24, 2.45) is 10.2 Å². The number of rotatable bonds is 7. The minimum absolute atomic E-state index is 0.00590. The molecule has 7 nitrogen and oxygen atoms in total. The van der Waals surface area contributed by atoms with E-state index >= 15 is 52.7 Å². The summed E-state index contributed by atoms with van der Waals surface area (Å²) in [4.78, 5) is 18.2. The fourth-order valence-electron chi connectivity index (χ4n) is 8.97. The second kappa shape index (κ2) is 19.0. The van der Waals surface area contributed by atoms with Gasteiger partial charge in [0.25, 0.3) is 0 Å². The summed E-state index contributed by atoms with van der Waals surface area (Å²) < 4.78 is 232. The number of nitrogens with one attached hydrogen (secondary N) is 2. The quantitative estimate of drug-likeness (QED) is 0.0720. The van der Waals surface area contributed by atoms with Gasteiger partial charge >= 0.3 is 0 Å². The average Bonchev–Trinajstić information content (AvgIpc) is 4.31. The second-order valence-electron chi connectivity index (χ2n) is 16.8. The van der Waals surface area contributed by atoms with Gasteiger partial charge < -0.3 is 9.97 Å². The topological polar surface area (TPSA) is 95.0 Å². The van der Waals surface area contributed by atoms with Crippen LogP contribution in [0.5, 0.6) is 0 Å². The summed E-state index contributed by atoms with van der Waals surface area (Å²) in [6.45, 7) is 0. The van der Waals surface area contributed by atoms with Crippen molar-refractivity contribution in [2.75, 3.05) is 0 Å². The smallest absolute Gasteiger partial charge is 0.200 e. The summed E-state index contributed by atoms with van der Waals surface area (Å²) in [7, 11) is 0. The predicted molar refractivity (Wildman–Crippen MR) is 254 cm³/mol. The van der Waals surface area contributed by atoms with Crippen molar-refractivity contribution in [1.29, 1.82) is 0 Å². The van der Waals surface area contributed by atoms with Gasteiger partial charge in [-0.25, -0.2) is 75.8 Å². The van der Waals surface area contributed by atoms with E-state index in [1.165, 1.54) is 24.5 Å². The standard InChI is InChI=1S/C55H22F15N7/c56-41-38(42(57)48(63)53(68)47(41)62)35-28-12-10-26(72-28)34(25-9-2-1-8-24(25)21-5-3-6-22(19-21)76-77-23-7-4-18-71-20-23)27-11-13-29(73-27)36(39-43(58)49(64)54(69)50(65)44(39)59)31-15-17-33(75-31)37(32-16-14-30(35)74-32)40-45(60)51(66)55(70)52(67)46(40)61/h1-20,72,75H. The molecule has 0 atom stereocenters. The number of aromatic amines is 2. The van der Waals surface area contributed by atoms with Crippen LogP contribution in [0.1, 0.15) is 22.8 Å². The molecule has 5 aromatic carbocycles.